The minimum Gasteiger partial charge on any atom is -0.481 e. The molecular formula is C22H22ClNO2S. The maximum atomic E-state index is 13.2. The Bertz CT molecular complexity index is 907. The van der Waals surface area contributed by atoms with Crippen LogP contribution in [-0.4, -0.2) is 12.0 Å². The number of benzene rings is 2. The number of hydrogen-bond donors (Lipinski definition) is 0. The average molecular weight is 400 g/mol. The third-order valence-electron chi connectivity index (χ3n) is 4.30. The van der Waals surface area contributed by atoms with Gasteiger partial charge in [-0.3, -0.25) is 4.79 Å². The molecule has 2 aromatic carbocycles. The summed E-state index contributed by atoms with van der Waals surface area (Å²) in [7, 11) is 0. The third-order valence-corrected chi connectivity index (χ3v) is 5.58. The molecule has 0 aliphatic heterocycles. The molecule has 0 saturated heterocycles. The van der Waals surface area contributed by atoms with E-state index in [9.17, 15) is 4.79 Å². The fourth-order valence-corrected chi connectivity index (χ4v) is 3.55. The van der Waals surface area contributed by atoms with Crippen molar-refractivity contribution in [3.63, 3.8) is 0 Å². The number of aryl methyl sites for hydroxylation is 2. The molecule has 1 amide bonds. The lowest BCUT2D eigenvalue weighted by molar-refractivity contribution is -0.124. The zero-order valence-electron chi connectivity index (χ0n) is 15.6. The summed E-state index contributed by atoms with van der Waals surface area (Å²) in [6, 6.07) is 17.4. The number of amides is 1. The lowest BCUT2D eigenvalue weighted by Gasteiger charge is -2.26. The second kappa shape index (κ2) is 8.59. The van der Waals surface area contributed by atoms with E-state index in [-0.39, 0.29) is 5.91 Å². The Morgan fingerprint density at radius 1 is 1.15 bits per heavy atom. The molecule has 1 aromatic heterocycles. The van der Waals surface area contributed by atoms with Gasteiger partial charge in [0.1, 0.15) is 5.75 Å². The highest BCUT2D eigenvalue weighted by Crippen LogP contribution is 2.25. The lowest BCUT2D eigenvalue weighted by Crippen LogP contribution is -2.40. The molecule has 5 heteroatoms. The van der Waals surface area contributed by atoms with Gasteiger partial charge in [0, 0.05) is 15.6 Å². The number of halogens is 1. The van der Waals surface area contributed by atoms with Crippen molar-refractivity contribution in [2.24, 2.45) is 0 Å². The molecular weight excluding hydrogens is 378 g/mol. The first-order valence-electron chi connectivity index (χ1n) is 8.77. The van der Waals surface area contributed by atoms with Crippen LogP contribution in [0.25, 0.3) is 0 Å². The fraction of sp³-hybridized carbons (Fsp3) is 0.227. The van der Waals surface area contributed by atoms with Gasteiger partial charge in [-0.2, -0.15) is 0 Å². The predicted molar refractivity (Wildman–Crippen MR) is 113 cm³/mol. The first kappa shape index (κ1) is 19.5. The number of rotatable bonds is 6. The lowest BCUT2D eigenvalue weighted by atomic mass is 10.2. The van der Waals surface area contributed by atoms with Crippen LogP contribution in [0.3, 0.4) is 0 Å². The number of anilines is 1. The summed E-state index contributed by atoms with van der Waals surface area (Å²) in [4.78, 5) is 16.1. The van der Waals surface area contributed by atoms with Crippen molar-refractivity contribution in [3.8, 4) is 5.75 Å². The summed E-state index contributed by atoms with van der Waals surface area (Å²) in [5, 5.41) is 2.70. The third kappa shape index (κ3) is 4.90. The van der Waals surface area contributed by atoms with Gasteiger partial charge in [0.15, 0.2) is 6.10 Å². The minimum absolute atomic E-state index is 0.0835. The van der Waals surface area contributed by atoms with E-state index in [1.807, 2.05) is 61.7 Å². The zero-order valence-corrected chi connectivity index (χ0v) is 17.2. The van der Waals surface area contributed by atoms with Gasteiger partial charge in [-0.1, -0.05) is 35.4 Å². The van der Waals surface area contributed by atoms with Gasteiger partial charge in [0.2, 0.25) is 0 Å². The van der Waals surface area contributed by atoms with Crippen LogP contribution in [0.5, 0.6) is 5.75 Å². The number of ether oxygens (including phenoxy) is 1. The molecule has 140 valence electrons. The largest absolute Gasteiger partial charge is 0.481 e. The maximum Gasteiger partial charge on any atom is 0.268 e. The Morgan fingerprint density at radius 2 is 1.89 bits per heavy atom. The van der Waals surface area contributed by atoms with Crippen LogP contribution in [0.1, 0.15) is 22.9 Å². The van der Waals surface area contributed by atoms with Crippen molar-refractivity contribution >= 4 is 34.5 Å². The number of hydrogen-bond acceptors (Lipinski definition) is 3. The molecule has 1 heterocycles. The number of carbonyl (C=O) groups is 1. The normalized spacial score (nSPS) is 11.9. The van der Waals surface area contributed by atoms with Crippen LogP contribution in [0.15, 0.2) is 60.0 Å². The number of carbonyl (C=O) groups excluding carboxylic acids is 1. The molecule has 0 fully saturated rings. The van der Waals surface area contributed by atoms with Crippen LogP contribution in [-0.2, 0) is 11.3 Å². The van der Waals surface area contributed by atoms with Crippen molar-refractivity contribution in [1.82, 2.24) is 0 Å². The standard InChI is InChI=1S/C22H22ClNO2S/c1-15-6-8-18(9-7-15)24(14-20-5-4-12-27-20)22(25)17(3)26-19-10-11-21(23)16(2)13-19/h4-13,17H,14H2,1-3H3/t17-/m0/s1. The van der Waals surface area contributed by atoms with Gasteiger partial charge in [0.05, 0.1) is 6.54 Å². The first-order chi connectivity index (χ1) is 12.9. The quantitative estimate of drug-likeness (QED) is 0.507. The Hall–Kier alpha value is -2.30. The minimum atomic E-state index is -0.619. The SMILES string of the molecule is Cc1ccc(N(Cc2cccs2)C(=O)[C@H](C)Oc2ccc(Cl)c(C)c2)cc1. The van der Waals surface area contributed by atoms with Gasteiger partial charge in [-0.25, -0.2) is 0 Å². The van der Waals surface area contributed by atoms with E-state index >= 15 is 0 Å². The van der Waals surface area contributed by atoms with Crippen LogP contribution >= 0.6 is 22.9 Å². The molecule has 3 rings (SSSR count). The number of thiophene rings is 1. The van der Waals surface area contributed by atoms with Crippen molar-refractivity contribution < 1.29 is 9.53 Å². The first-order valence-corrected chi connectivity index (χ1v) is 10.0. The molecule has 27 heavy (non-hydrogen) atoms. The van der Waals surface area contributed by atoms with E-state index in [1.54, 1.807) is 35.3 Å². The monoisotopic (exact) mass is 399 g/mol. The van der Waals surface area contributed by atoms with Crippen LogP contribution in [0, 0.1) is 13.8 Å². The smallest absolute Gasteiger partial charge is 0.268 e. The van der Waals surface area contributed by atoms with E-state index in [0.29, 0.717) is 17.3 Å². The molecule has 0 unspecified atom stereocenters. The molecule has 0 radical (unpaired) electrons. The van der Waals surface area contributed by atoms with Crippen molar-refractivity contribution in [2.75, 3.05) is 4.90 Å². The molecule has 0 N–H and O–H groups in total. The highest BCUT2D eigenvalue weighted by molar-refractivity contribution is 7.09. The van der Waals surface area contributed by atoms with E-state index in [0.717, 1.165) is 21.7 Å². The topological polar surface area (TPSA) is 29.5 Å². The summed E-state index contributed by atoms with van der Waals surface area (Å²) in [6.07, 6.45) is -0.619. The Morgan fingerprint density at radius 3 is 2.52 bits per heavy atom. The Kier molecular flexibility index (Phi) is 6.19. The Labute approximate surface area is 169 Å². The average Bonchev–Trinajstić information content (AvgIpc) is 3.16. The second-order valence-electron chi connectivity index (χ2n) is 6.51. The predicted octanol–water partition coefficient (Wildman–Crippen LogP) is 6.02. The van der Waals surface area contributed by atoms with Crippen LogP contribution in [0.4, 0.5) is 5.69 Å². The second-order valence-corrected chi connectivity index (χ2v) is 7.95. The van der Waals surface area contributed by atoms with Gasteiger partial charge >= 0.3 is 0 Å². The molecule has 0 spiro atoms. The van der Waals surface area contributed by atoms with Crippen molar-refractivity contribution in [2.45, 2.75) is 33.4 Å². The molecule has 1 atom stereocenters. The maximum absolute atomic E-state index is 13.2. The van der Waals surface area contributed by atoms with Crippen molar-refractivity contribution in [1.29, 1.82) is 0 Å². The molecule has 3 aromatic rings. The Balaban J connectivity index is 1.82. The van der Waals surface area contributed by atoms with Gasteiger partial charge in [-0.15, -0.1) is 11.3 Å². The molecule has 0 bridgehead atoms. The molecule has 0 aliphatic rings. The van der Waals surface area contributed by atoms with E-state index in [4.69, 9.17) is 16.3 Å². The van der Waals surface area contributed by atoms with Gasteiger partial charge in [-0.05, 0) is 68.1 Å². The van der Waals surface area contributed by atoms with Crippen molar-refractivity contribution in [3.05, 3.63) is 81.0 Å². The van der Waals surface area contributed by atoms with E-state index < -0.39 is 6.10 Å². The molecule has 0 aliphatic carbocycles. The molecule has 3 nitrogen and oxygen atoms in total. The summed E-state index contributed by atoms with van der Waals surface area (Å²) < 4.78 is 5.91. The fourth-order valence-electron chi connectivity index (χ4n) is 2.74. The molecule has 0 saturated carbocycles. The van der Waals surface area contributed by atoms with E-state index in [2.05, 4.69) is 0 Å². The van der Waals surface area contributed by atoms with Gasteiger partial charge in [0.25, 0.3) is 5.91 Å². The highest BCUT2D eigenvalue weighted by Gasteiger charge is 2.24. The highest BCUT2D eigenvalue weighted by atomic mass is 35.5. The summed E-state index contributed by atoms with van der Waals surface area (Å²) in [5.74, 6) is 0.553. The van der Waals surface area contributed by atoms with Crippen LogP contribution < -0.4 is 9.64 Å². The van der Waals surface area contributed by atoms with Crippen LogP contribution in [0.2, 0.25) is 5.02 Å². The summed E-state index contributed by atoms with van der Waals surface area (Å²) in [5.41, 5.74) is 2.94. The zero-order chi connectivity index (χ0) is 19.4. The van der Waals surface area contributed by atoms with E-state index in [1.165, 1.54) is 0 Å². The van der Waals surface area contributed by atoms with Gasteiger partial charge < -0.3 is 9.64 Å². The summed E-state index contributed by atoms with van der Waals surface area (Å²) >= 11 is 7.71. The number of nitrogens with zero attached hydrogens (tertiary/aromatic N) is 1. The summed E-state index contributed by atoms with van der Waals surface area (Å²) in [6.45, 7) is 6.25.